The molecule has 5 nitrogen and oxygen atoms in total. The number of ether oxygens (including phenoxy) is 2. The minimum absolute atomic E-state index is 0.0501. The number of rotatable bonds is 4. The van der Waals surface area contributed by atoms with Crippen LogP contribution < -0.4 is 14.8 Å². The predicted octanol–water partition coefficient (Wildman–Crippen LogP) is 3.69. The number of hydrogen-bond acceptors (Lipinski definition) is 4. The molecule has 2 aliphatic rings. The highest BCUT2D eigenvalue weighted by molar-refractivity contribution is 6.34. The maximum atomic E-state index is 12.7. The molecule has 2 aliphatic carbocycles. The van der Waals surface area contributed by atoms with Gasteiger partial charge in [-0.05, 0) is 25.7 Å². The third-order valence-electron chi connectivity index (χ3n) is 5.15. The fourth-order valence-electron chi connectivity index (χ4n) is 3.88. The van der Waals surface area contributed by atoms with Gasteiger partial charge in [0, 0.05) is 29.9 Å². The van der Waals surface area contributed by atoms with Gasteiger partial charge in [-0.1, -0.05) is 18.0 Å². The molecule has 0 aliphatic heterocycles. The van der Waals surface area contributed by atoms with Gasteiger partial charge in [0.15, 0.2) is 11.5 Å². The van der Waals surface area contributed by atoms with Crippen molar-refractivity contribution in [2.75, 3.05) is 19.5 Å². The first-order valence-corrected chi connectivity index (χ1v) is 8.67. The number of anilines is 1. The van der Waals surface area contributed by atoms with E-state index in [0.29, 0.717) is 40.8 Å². The van der Waals surface area contributed by atoms with Crippen LogP contribution in [0, 0.1) is 17.8 Å². The molecule has 0 radical (unpaired) electrons. The number of benzene rings is 1. The summed E-state index contributed by atoms with van der Waals surface area (Å²) >= 11 is 6.23. The monoisotopic (exact) mass is 351 g/mol. The predicted molar refractivity (Wildman–Crippen MR) is 91.7 cm³/mol. The van der Waals surface area contributed by atoms with Crippen molar-refractivity contribution in [3.63, 3.8) is 0 Å². The average Bonchev–Trinajstić information content (AvgIpc) is 2.55. The molecule has 1 aromatic rings. The Balaban J connectivity index is 1.74. The number of ketones is 1. The Morgan fingerprint density at radius 3 is 2.29 bits per heavy atom. The molecular formula is C18H22ClNO4. The van der Waals surface area contributed by atoms with Crippen molar-refractivity contribution in [3.8, 4) is 11.5 Å². The Labute approximate surface area is 146 Å². The molecule has 2 fully saturated rings. The van der Waals surface area contributed by atoms with E-state index in [1.807, 2.05) is 0 Å². The summed E-state index contributed by atoms with van der Waals surface area (Å²) < 4.78 is 10.4. The Kier molecular flexibility index (Phi) is 4.99. The quantitative estimate of drug-likeness (QED) is 0.898. The number of amides is 1. The van der Waals surface area contributed by atoms with Crippen LogP contribution in [0.1, 0.15) is 32.1 Å². The van der Waals surface area contributed by atoms with Crippen molar-refractivity contribution in [1.29, 1.82) is 0 Å². The second-order valence-electron chi connectivity index (χ2n) is 6.57. The van der Waals surface area contributed by atoms with Crippen LogP contribution in [-0.2, 0) is 9.59 Å². The van der Waals surface area contributed by atoms with Crippen LogP contribution in [0.25, 0.3) is 0 Å². The van der Waals surface area contributed by atoms with E-state index in [-0.39, 0.29) is 23.7 Å². The van der Waals surface area contributed by atoms with E-state index in [1.165, 1.54) is 14.2 Å². The number of methoxy groups -OCH3 is 2. The minimum Gasteiger partial charge on any atom is -0.493 e. The first kappa shape index (κ1) is 17.1. The van der Waals surface area contributed by atoms with E-state index >= 15 is 0 Å². The Hall–Kier alpha value is -1.75. The van der Waals surface area contributed by atoms with Crippen LogP contribution >= 0.6 is 11.6 Å². The van der Waals surface area contributed by atoms with Crippen molar-refractivity contribution >= 4 is 29.0 Å². The van der Waals surface area contributed by atoms with Gasteiger partial charge in [-0.2, -0.15) is 0 Å². The van der Waals surface area contributed by atoms with Crippen molar-refractivity contribution < 1.29 is 19.1 Å². The molecule has 0 aromatic heterocycles. The molecule has 1 N–H and O–H groups in total. The van der Waals surface area contributed by atoms with Gasteiger partial charge < -0.3 is 14.8 Å². The van der Waals surface area contributed by atoms with Gasteiger partial charge in [-0.25, -0.2) is 0 Å². The fourth-order valence-corrected chi connectivity index (χ4v) is 4.08. The lowest BCUT2D eigenvalue weighted by atomic mass is 9.67. The zero-order valence-corrected chi connectivity index (χ0v) is 14.7. The number of halogens is 1. The van der Waals surface area contributed by atoms with E-state index in [2.05, 4.69) is 5.32 Å². The van der Waals surface area contributed by atoms with Gasteiger partial charge >= 0.3 is 0 Å². The lowest BCUT2D eigenvalue weighted by Gasteiger charge is -2.37. The van der Waals surface area contributed by atoms with Gasteiger partial charge in [0.25, 0.3) is 0 Å². The molecule has 130 valence electrons. The zero-order chi connectivity index (χ0) is 17.3. The summed E-state index contributed by atoms with van der Waals surface area (Å²) in [5.41, 5.74) is 0.501. The number of carbonyl (C=O) groups is 2. The fraction of sp³-hybridized carbons (Fsp3) is 0.556. The third-order valence-corrected chi connectivity index (χ3v) is 5.46. The minimum atomic E-state index is -0.137. The van der Waals surface area contributed by atoms with Crippen molar-refractivity contribution in [2.24, 2.45) is 17.8 Å². The van der Waals surface area contributed by atoms with Crippen LogP contribution in [-0.4, -0.2) is 25.9 Å². The smallest absolute Gasteiger partial charge is 0.227 e. The SMILES string of the molecule is COc1cc(Cl)c(NC(=O)C2CC3CCCC(C2)C3=O)cc1OC. The zero-order valence-electron chi connectivity index (χ0n) is 13.9. The molecule has 24 heavy (non-hydrogen) atoms. The molecule has 2 unspecified atom stereocenters. The molecule has 6 heteroatoms. The summed E-state index contributed by atoms with van der Waals surface area (Å²) in [6.45, 7) is 0. The van der Waals surface area contributed by atoms with Gasteiger partial charge in [-0.15, -0.1) is 0 Å². The maximum Gasteiger partial charge on any atom is 0.227 e. The second kappa shape index (κ2) is 7.01. The normalized spacial score (nSPS) is 26.0. The number of carbonyl (C=O) groups excluding carboxylic acids is 2. The van der Waals surface area contributed by atoms with Gasteiger partial charge in [0.05, 0.1) is 24.9 Å². The number of nitrogens with one attached hydrogen (secondary N) is 1. The highest BCUT2D eigenvalue weighted by atomic mass is 35.5. The highest BCUT2D eigenvalue weighted by Crippen LogP contribution is 2.41. The Morgan fingerprint density at radius 1 is 1.12 bits per heavy atom. The van der Waals surface area contributed by atoms with Crippen molar-refractivity contribution in [2.45, 2.75) is 32.1 Å². The number of fused-ring (bicyclic) bond motifs is 2. The molecule has 1 amide bonds. The summed E-state index contributed by atoms with van der Waals surface area (Å²) in [6, 6.07) is 3.28. The van der Waals surface area contributed by atoms with E-state index in [9.17, 15) is 9.59 Å². The first-order valence-electron chi connectivity index (χ1n) is 8.29. The summed E-state index contributed by atoms with van der Waals surface area (Å²) in [4.78, 5) is 24.8. The lowest BCUT2D eigenvalue weighted by Crippen LogP contribution is -2.40. The van der Waals surface area contributed by atoms with Crippen LogP contribution in [0.4, 0.5) is 5.69 Å². The molecule has 0 heterocycles. The number of hydrogen-bond donors (Lipinski definition) is 1. The molecule has 2 bridgehead atoms. The molecule has 0 saturated heterocycles. The Morgan fingerprint density at radius 2 is 1.71 bits per heavy atom. The molecule has 0 spiro atoms. The van der Waals surface area contributed by atoms with E-state index < -0.39 is 0 Å². The second-order valence-corrected chi connectivity index (χ2v) is 6.98. The molecule has 1 aromatic carbocycles. The topological polar surface area (TPSA) is 64.6 Å². The maximum absolute atomic E-state index is 12.7. The summed E-state index contributed by atoms with van der Waals surface area (Å²) in [7, 11) is 3.07. The standard InChI is InChI=1S/C18H22ClNO4/c1-23-15-8-13(19)14(9-16(15)24-2)20-18(22)12-6-10-4-3-5-11(7-12)17(10)21/h8-12H,3-7H2,1-2H3,(H,20,22). The lowest BCUT2D eigenvalue weighted by molar-refractivity contribution is -0.136. The van der Waals surface area contributed by atoms with Gasteiger partial charge in [-0.3, -0.25) is 9.59 Å². The van der Waals surface area contributed by atoms with Crippen LogP contribution in [0.2, 0.25) is 5.02 Å². The van der Waals surface area contributed by atoms with Crippen LogP contribution in [0.5, 0.6) is 11.5 Å². The van der Waals surface area contributed by atoms with E-state index in [0.717, 1.165) is 19.3 Å². The third kappa shape index (κ3) is 3.22. The molecule has 3 rings (SSSR count). The van der Waals surface area contributed by atoms with Crippen LogP contribution in [0.3, 0.4) is 0 Å². The van der Waals surface area contributed by atoms with E-state index in [4.69, 9.17) is 21.1 Å². The molecule has 2 saturated carbocycles. The summed E-state index contributed by atoms with van der Waals surface area (Å²) in [5, 5.41) is 3.29. The van der Waals surface area contributed by atoms with Crippen LogP contribution in [0.15, 0.2) is 12.1 Å². The van der Waals surface area contributed by atoms with Gasteiger partial charge in [0.1, 0.15) is 5.78 Å². The largest absolute Gasteiger partial charge is 0.493 e. The molecule has 2 atom stereocenters. The first-order chi connectivity index (χ1) is 11.5. The summed E-state index contributed by atoms with van der Waals surface area (Å²) in [6.07, 6.45) is 4.21. The Bertz CT molecular complexity index is 645. The van der Waals surface area contributed by atoms with E-state index in [1.54, 1.807) is 12.1 Å². The summed E-state index contributed by atoms with van der Waals surface area (Å²) in [5.74, 6) is 1.26. The molecular weight excluding hydrogens is 330 g/mol. The van der Waals surface area contributed by atoms with Crippen molar-refractivity contribution in [3.05, 3.63) is 17.2 Å². The average molecular weight is 352 g/mol. The number of Topliss-reactive ketones (excluding diaryl/α,β-unsaturated/α-hetero) is 1. The van der Waals surface area contributed by atoms with Crippen molar-refractivity contribution in [1.82, 2.24) is 0 Å². The highest BCUT2D eigenvalue weighted by Gasteiger charge is 2.41. The van der Waals surface area contributed by atoms with Gasteiger partial charge in [0.2, 0.25) is 5.91 Å².